The van der Waals surface area contributed by atoms with E-state index in [1.165, 1.54) is 0 Å². The Bertz CT molecular complexity index is 634. The van der Waals surface area contributed by atoms with Gasteiger partial charge in [0.1, 0.15) is 5.82 Å². The Hall–Kier alpha value is -2.50. The van der Waals surface area contributed by atoms with Gasteiger partial charge in [-0.05, 0) is 39.8 Å². The fraction of sp³-hybridized carbons (Fsp3) is 0.333. The Balaban J connectivity index is 2.22. The first kappa shape index (κ1) is 14.9. The molecule has 21 heavy (non-hydrogen) atoms. The molecule has 2 aromatic rings. The lowest BCUT2D eigenvalue weighted by molar-refractivity contribution is 0.243. The highest BCUT2D eigenvalue weighted by Gasteiger charge is 2.15. The van der Waals surface area contributed by atoms with Crippen LogP contribution >= 0.6 is 0 Å². The maximum atomic E-state index is 11.9. The number of hydrogen-bond donors (Lipinski definition) is 2. The Morgan fingerprint density at radius 1 is 1.19 bits per heavy atom. The number of aryl methyl sites for hydroxylation is 1. The van der Waals surface area contributed by atoms with Crippen LogP contribution in [-0.4, -0.2) is 26.5 Å². The maximum Gasteiger partial charge on any atom is 0.320 e. The molecule has 110 valence electrons. The first-order chi connectivity index (χ1) is 9.85. The minimum absolute atomic E-state index is 0.287. The fourth-order valence-corrected chi connectivity index (χ4v) is 1.69. The Morgan fingerprint density at radius 2 is 1.86 bits per heavy atom. The van der Waals surface area contributed by atoms with Gasteiger partial charge in [0.25, 0.3) is 0 Å². The number of urea groups is 1. The van der Waals surface area contributed by atoms with Gasteiger partial charge in [-0.25, -0.2) is 14.8 Å². The van der Waals surface area contributed by atoms with Crippen LogP contribution in [0.3, 0.4) is 0 Å². The number of anilines is 1. The van der Waals surface area contributed by atoms with Crippen molar-refractivity contribution in [2.24, 2.45) is 0 Å². The molecule has 0 aromatic carbocycles. The number of nitrogens with one attached hydrogen (secondary N) is 2. The summed E-state index contributed by atoms with van der Waals surface area (Å²) in [6.45, 7) is 7.61. The van der Waals surface area contributed by atoms with Crippen LogP contribution < -0.4 is 10.6 Å². The smallest absolute Gasteiger partial charge is 0.320 e. The lowest BCUT2D eigenvalue weighted by atomic mass is 10.1. The van der Waals surface area contributed by atoms with Crippen LogP contribution in [-0.2, 0) is 0 Å². The molecule has 2 heterocycles. The molecule has 2 aromatic heterocycles. The zero-order chi connectivity index (χ0) is 15.5. The second kappa shape index (κ2) is 5.87. The summed E-state index contributed by atoms with van der Waals surface area (Å²) in [7, 11) is 0. The van der Waals surface area contributed by atoms with Gasteiger partial charge in [-0.3, -0.25) is 10.3 Å². The van der Waals surface area contributed by atoms with E-state index >= 15 is 0 Å². The highest BCUT2D eigenvalue weighted by molar-refractivity contribution is 5.89. The van der Waals surface area contributed by atoms with E-state index < -0.39 is 0 Å². The number of pyridine rings is 1. The quantitative estimate of drug-likeness (QED) is 0.889. The summed E-state index contributed by atoms with van der Waals surface area (Å²) in [6.07, 6.45) is 5.05. The molecule has 0 fully saturated rings. The lowest BCUT2D eigenvalue weighted by Crippen LogP contribution is -2.43. The SMILES string of the molecule is Cc1cnc(-c2ccncc2)nc1NC(=O)NC(C)(C)C. The number of carbonyl (C=O) groups excluding carboxylic acids is 1. The van der Waals surface area contributed by atoms with Gasteiger partial charge in [-0.15, -0.1) is 0 Å². The van der Waals surface area contributed by atoms with E-state index in [1.54, 1.807) is 18.6 Å². The molecule has 6 nitrogen and oxygen atoms in total. The minimum atomic E-state index is -0.307. The topological polar surface area (TPSA) is 79.8 Å². The summed E-state index contributed by atoms with van der Waals surface area (Å²) in [5.41, 5.74) is 1.35. The lowest BCUT2D eigenvalue weighted by Gasteiger charge is -2.21. The number of hydrogen-bond acceptors (Lipinski definition) is 4. The van der Waals surface area contributed by atoms with Crippen molar-refractivity contribution >= 4 is 11.8 Å². The molecule has 0 unspecified atom stereocenters. The fourth-order valence-electron chi connectivity index (χ4n) is 1.69. The molecule has 2 amide bonds. The van der Waals surface area contributed by atoms with E-state index in [0.717, 1.165) is 11.1 Å². The summed E-state index contributed by atoms with van der Waals surface area (Å²) >= 11 is 0. The molecular formula is C15H19N5O. The van der Waals surface area contributed by atoms with E-state index in [1.807, 2.05) is 39.8 Å². The molecule has 0 saturated carbocycles. The first-order valence-electron chi connectivity index (χ1n) is 6.68. The van der Waals surface area contributed by atoms with Crippen LogP contribution in [0.4, 0.5) is 10.6 Å². The molecule has 0 radical (unpaired) electrons. The highest BCUT2D eigenvalue weighted by Crippen LogP contribution is 2.18. The average Bonchev–Trinajstić information content (AvgIpc) is 2.40. The number of aromatic nitrogens is 3. The second-order valence-corrected chi connectivity index (χ2v) is 5.79. The number of amides is 2. The molecule has 0 bridgehead atoms. The number of carbonyl (C=O) groups is 1. The predicted molar refractivity (Wildman–Crippen MR) is 81.9 cm³/mol. The van der Waals surface area contributed by atoms with Crippen LogP contribution in [0.5, 0.6) is 0 Å². The summed E-state index contributed by atoms with van der Waals surface area (Å²) in [5.74, 6) is 1.05. The van der Waals surface area contributed by atoms with Gasteiger partial charge >= 0.3 is 6.03 Å². The standard InChI is InChI=1S/C15H19N5O/c1-10-9-17-13(11-5-7-16-8-6-11)18-12(10)19-14(21)20-15(2,3)4/h5-9H,1-4H3,(H2,17,18,19,20,21). The van der Waals surface area contributed by atoms with Crippen LogP contribution in [0.1, 0.15) is 26.3 Å². The van der Waals surface area contributed by atoms with E-state index in [2.05, 4.69) is 25.6 Å². The summed E-state index contributed by atoms with van der Waals surface area (Å²) in [5, 5.41) is 5.59. The average molecular weight is 285 g/mol. The van der Waals surface area contributed by atoms with Crippen molar-refractivity contribution < 1.29 is 4.79 Å². The van der Waals surface area contributed by atoms with Crippen LogP contribution in [0.15, 0.2) is 30.7 Å². The molecule has 0 atom stereocenters. The van der Waals surface area contributed by atoms with Gasteiger partial charge in [-0.2, -0.15) is 0 Å². The molecule has 2 N–H and O–H groups in total. The summed E-state index contributed by atoms with van der Waals surface area (Å²) < 4.78 is 0. The summed E-state index contributed by atoms with van der Waals surface area (Å²) in [6, 6.07) is 3.36. The van der Waals surface area contributed by atoms with Crippen LogP contribution in [0.25, 0.3) is 11.4 Å². The molecule has 0 aliphatic carbocycles. The van der Waals surface area contributed by atoms with E-state index in [0.29, 0.717) is 11.6 Å². The van der Waals surface area contributed by atoms with E-state index in [-0.39, 0.29) is 11.6 Å². The highest BCUT2D eigenvalue weighted by atomic mass is 16.2. The van der Waals surface area contributed by atoms with Gasteiger partial charge in [0, 0.05) is 35.3 Å². The minimum Gasteiger partial charge on any atom is -0.333 e. The van der Waals surface area contributed by atoms with Gasteiger partial charge in [0.2, 0.25) is 0 Å². The third kappa shape index (κ3) is 4.24. The van der Waals surface area contributed by atoms with Crippen molar-refractivity contribution in [1.82, 2.24) is 20.3 Å². The van der Waals surface area contributed by atoms with Crippen molar-refractivity contribution in [3.05, 3.63) is 36.3 Å². The van der Waals surface area contributed by atoms with Gasteiger partial charge in [0.05, 0.1) is 0 Å². The van der Waals surface area contributed by atoms with Crippen LogP contribution in [0.2, 0.25) is 0 Å². The summed E-state index contributed by atoms with van der Waals surface area (Å²) in [4.78, 5) is 24.6. The van der Waals surface area contributed by atoms with Gasteiger partial charge in [0.15, 0.2) is 5.82 Å². The molecular weight excluding hydrogens is 266 g/mol. The van der Waals surface area contributed by atoms with Crippen LogP contribution in [0, 0.1) is 6.92 Å². The molecule has 0 spiro atoms. The number of rotatable bonds is 2. The monoisotopic (exact) mass is 285 g/mol. The zero-order valence-corrected chi connectivity index (χ0v) is 12.6. The first-order valence-corrected chi connectivity index (χ1v) is 6.68. The predicted octanol–water partition coefficient (Wildman–Crippen LogP) is 2.77. The van der Waals surface area contributed by atoms with Gasteiger partial charge in [-0.1, -0.05) is 0 Å². The van der Waals surface area contributed by atoms with E-state index in [9.17, 15) is 4.79 Å². The van der Waals surface area contributed by atoms with Crippen molar-refractivity contribution in [2.75, 3.05) is 5.32 Å². The number of nitrogens with zero attached hydrogens (tertiary/aromatic N) is 3. The van der Waals surface area contributed by atoms with Crippen molar-refractivity contribution in [3.63, 3.8) is 0 Å². The van der Waals surface area contributed by atoms with Crippen molar-refractivity contribution in [1.29, 1.82) is 0 Å². The van der Waals surface area contributed by atoms with Gasteiger partial charge < -0.3 is 5.32 Å². The molecule has 0 aliphatic heterocycles. The zero-order valence-electron chi connectivity index (χ0n) is 12.6. The molecule has 0 saturated heterocycles. The maximum absolute atomic E-state index is 11.9. The molecule has 6 heteroatoms. The third-order valence-electron chi connectivity index (χ3n) is 2.63. The Morgan fingerprint density at radius 3 is 2.48 bits per heavy atom. The third-order valence-corrected chi connectivity index (χ3v) is 2.63. The van der Waals surface area contributed by atoms with E-state index in [4.69, 9.17) is 0 Å². The Kier molecular flexibility index (Phi) is 4.16. The Labute approximate surface area is 124 Å². The van der Waals surface area contributed by atoms with Crippen molar-refractivity contribution in [2.45, 2.75) is 33.2 Å². The second-order valence-electron chi connectivity index (χ2n) is 5.79. The normalized spacial score (nSPS) is 11.0. The molecule has 2 rings (SSSR count). The molecule has 0 aliphatic rings. The van der Waals surface area contributed by atoms with Crippen molar-refractivity contribution in [3.8, 4) is 11.4 Å². The largest absolute Gasteiger partial charge is 0.333 e.